The van der Waals surface area contributed by atoms with Crippen LogP contribution in [0.4, 0.5) is 11.4 Å². The van der Waals surface area contributed by atoms with Crippen molar-refractivity contribution in [3.8, 4) is 6.07 Å². The fourth-order valence-corrected chi connectivity index (χ4v) is 3.43. The maximum Gasteiger partial charge on any atom is 0.259 e. The first kappa shape index (κ1) is 23.2. The molecule has 2 aromatic rings. The number of aryl methyl sites for hydroxylation is 1. The van der Waals surface area contributed by atoms with Crippen LogP contribution in [0.2, 0.25) is 0 Å². The summed E-state index contributed by atoms with van der Waals surface area (Å²) in [6.45, 7) is 17.0. The van der Waals surface area contributed by atoms with Crippen molar-refractivity contribution in [2.75, 3.05) is 30.0 Å². The number of nitrogens with one attached hydrogen (secondary N) is 1. The second-order valence-electron chi connectivity index (χ2n) is 6.98. The van der Waals surface area contributed by atoms with Crippen molar-refractivity contribution in [2.24, 2.45) is 0 Å². The van der Waals surface area contributed by atoms with Gasteiger partial charge in [-0.05, 0) is 54.0 Å². The van der Waals surface area contributed by atoms with Crippen LogP contribution in [0, 0.1) is 31.4 Å². The Labute approximate surface area is 183 Å². The number of nitrogens with zero attached hydrogens (tertiary/aromatic N) is 4. The Morgan fingerprint density at radius 3 is 2.23 bits per heavy atom. The summed E-state index contributed by atoms with van der Waals surface area (Å²) >= 11 is 0. The van der Waals surface area contributed by atoms with E-state index in [4.69, 9.17) is 13.1 Å². The predicted molar refractivity (Wildman–Crippen MR) is 124 cm³/mol. The van der Waals surface area contributed by atoms with Crippen LogP contribution < -0.4 is 9.62 Å². The van der Waals surface area contributed by atoms with Gasteiger partial charge in [0.25, 0.3) is 5.70 Å². The number of hydrogen-bond donors (Lipinski definition) is 1. The summed E-state index contributed by atoms with van der Waals surface area (Å²) in [6, 6.07) is 13.9. The van der Waals surface area contributed by atoms with Crippen molar-refractivity contribution in [1.82, 2.24) is 0 Å². The van der Waals surface area contributed by atoms with Crippen LogP contribution in [-0.2, 0) is 10.0 Å². The fourth-order valence-electron chi connectivity index (χ4n) is 2.87. The van der Waals surface area contributed by atoms with E-state index >= 15 is 0 Å². The van der Waals surface area contributed by atoms with E-state index in [2.05, 4.69) is 14.4 Å². The second-order valence-corrected chi connectivity index (χ2v) is 8.72. The van der Waals surface area contributed by atoms with E-state index in [1.165, 1.54) is 12.1 Å². The van der Waals surface area contributed by atoms with Crippen LogP contribution in [-0.4, -0.2) is 28.8 Å². The maximum absolute atomic E-state index is 11.4. The molecular weight excluding hydrogens is 410 g/mol. The van der Waals surface area contributed by atoms with E-state index in [0.29, 0.717) is 11.3 Å². The third kappa shape index (κ3) is 5.96. The smallest absolute Gasteiger partial charge is 0.259 e. The molecule has 1 N–H and O–H groups in total. The van der Waals surface area contributed by atoms with E-state index in [1.807, 2.05) is 50.2 Å². The highest BCUT2D eigenvalue weighted by molar-refractivity contribution is 7.92. The lowest BCUT2D eigenvalue weighted by Crippen LogP contribution is -2.09. The molecule has 156 valence electrons. The number of rotatable bonds is 6. The van der Waals surface area contributed by atoms with Gasteiger partial charge in [-0.25, -0.2) is 23.4 Å². The van der Waals surface area contributed by atoms with E-state index < -0.39 is 10.0 Å². The van der Waals surface area contributed by atoms with E-state index in [-0.39, 0.29) is 17.0 Å². The van der Waals surface area contributed by atoms with E-state index in [0.717, 1.165) is 23.1 Å². The lowest BCUT2D eigenvalue weighted by Gasteiger charge is -2.14. The van der Waals surface area contributed by atoms with Crippen LogP contribution in [0.1, 0.15) is 16.7 Å². The average molecular weight is 432 g/mol. The Balaban J connectivity index is 2.62. The zero-order valence-corrected chi connectivity index (χ0v) is 18.4. The molecular formula is C23H21N5O2S. The van der Waals surface area contributed by atoms with Crippen LogP contribution in [0.5, 0.6) is 0 Å². The summed E-state index contributed by atoms with van der Waals surface area (Å²) in [6.07, 6.45) is 2.70. The molecule has 0 atom stereocenters. The minimum absolute atomic E-state index is 0.150. The van der Waals surface area contributed by atoms with Crippen LogP contribution in [0.15, 0.2) is 53.9 Å². The molecule has 0 saturated carbocycles. The SMILES string of the molecule is [C-]#[N+]C(=Cc1ccc(N(C)C)cc1C)/C(=C(\C#N)[N+]#[C-])c1ccc(NS(C)(=O)=O)cc1. The number of nitriles is 1. The number of benzene rings is 2. The van der Waals surface area contributed by atoms with Gasteiger partial charge in [-0.15, -0.1) is 0 Å². The monoisotopic (exact) mass is 431 g/mol. The summed E-state index contributed by atoms with van der Waals surface area (Å²) in [4.78, 5) is 8.87. The molecule has 0 spiro atoms. The van der Waals surface area contributed by atoms with Gasteiger partial charge in [0, 0.05) is 31.0 Å². The normalized spacial score (nSPS) is 12.1. The Hall–Kier alpha value is -4.06. The van der Waals surface area contributed by atoms with E-state index in [9.17, 15) is 13.7 Å². The summed E-state index contributed by atoms with van der Waals surface area (Å²) in [5.74, 6) is 0. The molecule has 0 bridgehead atoms. The van der Waals surface area contributed by atoms with Crippen molar-refractivity contribution in [2.45, 2.75) is 6.92 Å². The van der Waals surface area contributed by atoms with Gasteiger partial charge >= 0.3 is 0 Å². The molecule has 0 amide bonds. The topological polar surface area (TPSA) is 81.9 Å². The third-order valence-electron chi connectivity index (χ3n) is 4.37. The molecule has 0 aliphatic carbocycles. The van der Waals surface area contributed by atoms with Crippen LogP contribution in [0.3, 0.4) is 0 Å². The first-order chi connectivity index (χ1) is 14.6. The van der Waals surface area contributed by atoms with Gasteiger partial charge in [0.05, 0.1) is 25.5 Å². The Morgan fingerprint density at radius 2 is 1.77 bits per heavy atom. The summed E-state index contributed by atoms with van der Waals surface area (Å²) in [5, 5.41) is 9.48. The minimum atomic E-state index is -3.44. The zero-order chi connectivity index (χ0) is 23.2. The van der Waals surface area contributed by atoms with Gasteiger partial charge in [-0.3, -0.25) is 4.72 Å². The molecule has 2 aromatic carbocycles. The molecule has 0 aromatic heterocycles. The highest BCUT2D eigenvalue weighted by Gasteiger charge is 2.16. The van der Waals surface area contributed by atoms with Crippen LogP contribution >= 0.6 is 0 Å². The summed E-state index contributed by atoms with van der Waals surface area (Å²) in [7, 11) is 0.437. The Kier molecular flexibility index (Phi) is 7.21. The predicted octanol–water partition coefficient (Wildman–Crippen LogP) is 4.55. The average Bonchev–Trinajstić information content (AvgIpc) is 2.71. The molecule has 0 radical (unpaired) electrons. The highest BCUT2D eigenvalue weighted by Crippen LogP contribution is 2.32. The van der Waals surface area contributed by atoms with Gasteiger partial charge in [0.1, 0.15) is 0 Å². The van der Waals surface area contributed by atoms with Crippen molar-refractivity contribution >= 4 is 33.0 Å². The van der Waals surface area contributed by atoms with Gasteiger partial charge in [0.2, 0.25) is 10.0 Å². The van der Waals surface area contributed by atoms with Gasteiger partial charge in [0.15, 0.2) is 5.70 Å². The molecule has 8 heteroatoms. The lowest BCUT2D eigenvalue weighted by atomic mass is 9.97. The molecule has 0 heterocycles. The van der Waals surface area contributed by atoms with Crippen molar-refractivity contribution in [3.05, 3.63) is 93.4 Å². The van der Waals surface area contributed by atoms with Gasteiger partial charge < -0.3 is 4.90 Å². The molecule has 0 saturated heterocycles. The maximum atomic E-state index is 11.4. The summed E-state index contributed by atoms with van der Waals surface area (Å²) in [5.41, 5.74) is 3.71. The first-order valence-electron chi connectivity index (χ1n) is 9.07. The molecule has 31 heavy (non-hydrogen) atoms. The standard InChI is InChI=1S/C23H21N5O2S/c1-16-13-20(28(4)5)12-9-18(16)14-21(25-2)23(22(15-24)26-3)17-7-10-19(11-8-17)27-31(6,29)30/h7-14,27H,1,4-6H3/b21-14?,23-22+. The minimum Gasteiger partial charge on any atom is -0.378 e. The van der Waals surface area contributed by atoms with Crippen LogP contribution in [0.25, 0.3) is 21.3 Å². The van der Waals surface area contributed by atoms with Crippen molar-refractivity contribution in [3.63, 3.8) is 0 Å². The zero-order valence-electron chi connectivity index (χ0n) is 17.6. The quantitative estimate of drug-likeness (QED) is 0.413. The number of hydrogen-bond acceptors (Lipinski definition) is 4. The van der Waals surface area contributed by atoms with E-state index in [1.54, 1.807) is 18.2 Å². The Bertz CT molecular complexity index is 1270. The van der Waals surface area contributed by atoms with Gasteiger partial charge in [-0.2, -0.15) is 0 Å². The first-order valence-corrected chi connectivity index (χ1v) is 11.0. The fraction of sp³-hybridized carbons (Fsp3) is 0.174. The molecule has 7 nitrogen and oxygen atoms in total. The molecule has 0 aliphatic heterocycles. The van der Waals surface area contributed by atoms with Crippen molar-refractivity contribution in [1.29, 1.82) is 5.26 Å². The number of anilines is 2. The molecule has 0 fully saturated rings. The largest absolute Gasteiger partial charge is 0.378 e. The number of sulfonamides is 1. The van der Waals surface area contributed by atoms with Gasteiger partial charge in [-0.1, -0.05) is 18.2 Å². The third-order valence-corrected chi connectivity index (χ3v) is 4.98. The lowest BCUT2D eigenvalue weighted by molar-refractivity contribution is 0.607. The Morgan fingerprint density at radius 1 is 1.13 bits per heavy atom. The summed E-state index contributed by atoms with van der Waals surface area (Å²) < 4.78 is 25.2. The molecule has 0 aliphatic rings. The van der Waals surface area contributed by atoms with Crippen molar-refractivity contribution < 1.29 is 8.42 Å². The number of allylic oxidation sites excluding steroid dienone is 2. The molecule has 0 unspecified atom stereocenters. The molecule has 2 rings (SSSR count). The second kappa shape index (κ2) is 9.63. The highest BCUT2D eigenvalue weighted by atomic mass is 32.2.